The standard InChI is InChI=1S/C20H21N3O/c1-3-23(4-2)16-10-7-8-13-19(16)14(21)12-18-20(13)22-15-9-5-6-11-17(15)24-18/h5-13,19,21H,3-4H2,1-2H3. The highest BCUT2D eigenvalue weighted by Gasteiger charge is 2.40. The van der Waals surface area contributed by atoms with E-state index in [1.807, 2.05) is 30.3 Å². The van der Waals surface area contributed by atoms with Crippen LogP contribution in [-0.2, 0) is 0 Å². The van der Waals surface area contributed by atoms with Gasteiger partial charge in [0.2, 0.25) is 0 Å². The second-order valence-corrected chi connectivity index (χ2v) is 6.18. The van der Waals surface area contributed by atoms with Crippen LogP contribution in [0.5, 0.6) is 5.75 Å². The fourth-order valence-corrected chi connectivity index (χ4v) is 3.73. The number of nitrogens with one attached hydrogen (secondary N) is 1. The quantitative estimate of drug-likeness (QED) is 0.912. The molecule has 2 unspecified atom stereocenters. The molecule has 3 aliphatic rings. The van der Waals surface area contributed by atoms with Crippen LogP contribution >= 0.6 is 0 Å². The second kappa shape index (κ2) is 5.78. The molecule has 0 saturated heterocycles. The van der Waals surface area contributed by atoms with Gasteiger partial charge in [-0.25, -0.2) is 4.99 Å². The van der Waals surface area contributed by atoms with Gasteiger partial charge in [-0.05, 0) is 32.1 Å². The molecule has 0 spiro atoms. The maximum Gasteiger partial charge on any atom is 0.153 e. The van der Waals surface area contributed by atoms with Gasteiger partial charge in [0.15, 0.2) is 11.5 Å². The molecule has 4 nitrogen and oxygen atoms in total. The third-order valence-corrected chi connectivity index (χ3v) is 4.91. The van der Waals surface area contributed by atoms with E-state index in [4.69, 9.17) is 15.1 Å². The molecule has 0 radical (unpaired) electrons. The van der Waals surface area contributed by atoms with Crippen molar-refractivity contribution in [2.45, 2.75) is 13.8 Å². The number of nitrogens with zero attached hydrogens (tertiary/aromatic N) is 2. The highest BCUT2D eigenvalue weighted by molar-refractivity contribution is 6.16. The van der Waals surface area contributed by atoms with E-state index in [0.717, 1.165) is 30.2 Å². The number of hydrogen-bond acceptors (Lipinski definition) is 4. The number of para-hydroxylation sites is 2. The van der Waals surface area contributed by atoms with Crippen molar-refractivity contribution in [1.82, 2.24) is 4.90 Å². The maximum absolute atomic E-state index is 8.58. The van der Waals surface area contributed by atoms with E-state index in [0.29, 0.717) is 11.5 Å². The lowest BCUT2D eigenvalue weighted by Crippen LogP contribution is -2.42. The number of aliphatic imine (C=N–C) groups is 1. The Bertz CT molecular complexity index is 812. The van der Waals surface area contributed by atoms with Gasteiger partial charge in [-0.15, -0.1) is 0 Å². The van der Waals surface area contributed by atoms with Gasteiger partial charge in [0, 0.05) is 36.5 Å². The SMILES string of the molecule is CCN(CC)C1=CC=CC2C3=Nc4ccccc4OC3=CC(=N)C12. The summed E-state index contributed by atoms with van der Waals surface area (Å²) in [6, 6.07) is 7.81. The van der Waals surface area contributed by atoms with Crippen LogP contribution in [0.4, 0.5) is 5.69 Å². The van der Waals surface area contributed by atoms with Crippen molar-refractivity contribution in [2.24, 2.45) is 16.8 Å². The van der Waals surface area contributed by atoms with Gasteiger partial charge in [0.25, 0.3) is 0 Å². The minimum atomic E-state index is 0.0197. The molecule has 2 atom stereocenters. The first-order valence-corrected chi connectivity index (χ1v) is 8.52. The Morgan fingerprint density at radius 3 is 2.79 bits per heavy atom. The van der Waals surface area contributed by atoms with Crippen LogP contribution < -0.4 is 4.74 Å². The minimum Gasteiger partial charge on any atom is -0.453 e. The Morgan fingerprint density at radius 2 is 2.00 bits per heavy atom. The normalized spacial score (nSPS) is 23.9. The molecule has 1 heterocycles. The summed E-state index contributed by atoms with van der Waals surface area (Å²) >= 11 is 0. The van der Waals surface area contributed by atoms with Crippen LogP contribution in [0.2, 0.25) is 0 Å². The molecule has 4 heteroatoms. The van der Waals surface area contributed by atoms with Crippen molar-refractivity contribution in [2.75, 3.05) is 13.1 Å². The van der Waals surface area contributed by atoms with Gasteiger partial charge in [-0.2, -0.15) is 0 Å². The Kier molecular flexibility index (Phi) is 3.60. The maximum atomic E-state index is 8.58. The fourth-order valence-electron chi connectivity index (χ4n) is 3.73. The van der Waals surface area contributed by atoms with Crippen molar-refractivity contribution in [3.63, 3.8) is 0 Å². The molecule has 1 N–H and O–H groups in total. The van der Waals surface area contributed by atoms with Gasteiger partial charge < -0.3 is 15.0 Å². The molecule has 2 aliphatic carbocycles. The molecule has 0 amide bonds. The zero-order valence-electron chi connectivity index (χ0n) is 14.0. The van der Waals surface area contributed by atoms with E-state index in [1.54, 1.807) is 0 Å². The van der Waals surface area contributed by atoms with E-state index in [2.05, 4.69) is 37.0 Å². The molecule has 0 aromatic heterocycles. The Hall–Kier alpha value is -2.62. The minimum absolute atomic E-state index is 0.0197. The third-order valence-electron chi connectivity index (χ3n) is 4.91. The molecule has 1 aliphatic heterocycles. The van der Waals surface area contributed by atoms with Gasteiger partial charge in [-0.1, -0.05) is 24.3 Å². The topological polar surface area (TPSA) is 48.7 Å². The summed E-state index contributed by atoms with van der Waals surface area (Å²) in [4.78, 5) is 7.19. The average Bonchev–Trinajstić information content (AvgIpc) is 2.61. The van der Waals surface area contributed by atoms with Crippen molar-refractivity contribution in [1.29, 1.82) is 5.41 Å². The van der Waals surface area contributed by atoms with E-state index < -0.39 is 0 Å². The van der Waals surface area contributed by atoms with E-state index in [-0.39, 0.29) is 11.8 Å². The molecular weight excluding hydrogens is 298 g/mol. The molecule has 24 heavy (non-hydrogen) atoms. The van der Waals surface area contributed by atoms with E-state index in [9.17, 15) is 0 Å². The fraction of sp³-hybridized carbons (Fsp3) is 0.300. The molecule has 0 bridgehead atoms. The second-order valence-electron chi connectivity index (χ2n) is 6.18. The van der Waals surface area contributed by atoms with Gasteiger partial charge in [0.05, 0.1) is 11.6 Å². The van der Waals surface area contributed by atoms with Gasteiger partial charge in [-0.3, -0.25) is 0 Å². The van der Waals surface area contributed by atoms with Crippen LogP contribution in [0, 0.1) is 17.2 Å². The smallest absolute Gasteiger partial charge is 0.153 e. The molecule has 0 saturated carbocycles. The van der Waals surface area contributed by atoms with E-state index in [1.165, 1.54) is 5.70 Å². The van der Waals surface area contributed by atoms with Crippen molar-refractivity contribution < 1.29 is 4.74 Å². The summed E-state index contributed by atoms with van der Waals surface area (Å²) in [6.07, 6.45) is 8.22. The lowest BCUT2D eigenvalue weighted by Gasteiger charge is -2.39. The predicted molar refractivity (Wildman–Crippen MR) is 97.1 cm³/mol. The summed E-state index contributed by atoms with van der Waals surface area (Å²) in [5.74, 6) is 1.56. The van der Waals surface area contributed by atoms with Crippen LogP contribution in [0.25, 0.3) is 0 Å². The molecule has 1 aromatic carbocycles. The Morgan fingerprint density at radius 1 is 1.21 bits per heavy atom. The molecule has 1 aromatic rings. The van der Waals surface area contributed by atoms with Crippen molar-refractivity contribution >= 4 is 17.1 Å². The number of fused-ring (bicyclic) bond motifs is 4. The monoisotopic (exact) mass is 319 g/mol. The van der Waals surface area contributed by atoms with Crippen molar-refractivity contribution in [3.05, 3.63) is 60.0 Å². The average molecular weight is 319 g/mol. The largest absolute Gasteiger partial charge is 0.453 e. The first-order chi connectivity index (χ1) is 11.7. The summed E-state index contributed by atoms with van der Waals surface area (Å²) in [5.41, 5.74) is 3.60. The molecule has 122 valence electrons. The highest BCUT2D eigenvalue weighted by atomic mass is 16.5. The Labute approximate surface area is 142 Å². The third kappa shape index (κ3) is 2.21. The first kappa shape index (κ1) is 14.9. The van der Waals surface area contributed by atoms with Gasteiger partial charge in [0.1, 0.15) is 5.69 Å². The van der Waals surface area contributed by atoms with E-state index >= 15 is 0 Å². The number of rotatable bonds is 3. The first-order valence-electron chi connectivity index (χ1n) is 8.52. The number of benzene rings is 1. The lowest BCUT2D eigenvalue weighted by atomic mass is 9.74. The summed E-state index contributed by atoms with van der Waals surface area (Å²) in [5, 5.41) is 8.58. The molecule has 4 rings (SSSR count). The molecular formula is C20H21N3O. The zero-order chi connectivity index (χ0) is 16.7. The lowest BCUT2D eigenvalue weighted by molar-refractivity contribution is 0.339. The summed E-state index contributed by atoms with van der Waals surface area (Å²) < 4.78 is 6.03. The summed E-state index contributed by atoms with van der Waals surface area (Å²) in [7, 11) is 0. The summed E-state index contributed by atoms with van der Waals surface area (Å²) in [6.45, 7) is 6.19. The van der Waals surface area contributed by atoms with Crippen LogP contribution in [0.3, 0.4) is 0 Å². The predicted octanol–water partition coefficient (Wildman–Crippen LogP) is 4.10. The molecule has 0 fully saturated rings. The highest BCUT2D eigenvalue weighted by Crippen LogP contribution is 2.42. The van der Waals surface area contributed by atoms with Crippen molar-refractivity contribution in [3.8, 4) is 5.75 Å². The number of ether oxygens (including phenoxy) is 1. The zero-order valence-corrected chi connectivity index (χ0v) is 14.0. The number of allylic oxidation sites excluding steroid dienone is 6. The van der Waals surface area contributed by atoms with Crippen LogP contribution in [0.15, 0.2) is 65.0 Å². The van der Waals surface area contributed by atoms with Crippen LogP contribution in [0.1, 0.15) is 13.8 Å². The van der Waals surface area contributed by atoms with Crippen LogP contribution in [-0.4, -0.2) is 29.4 Å². The Balaban J connectivity index is 1.80. The number of hydrogen-bond donors (Lipinski definition) is 1. The van der Waals surface area contributed by atoms with Gasteiger partial charge >= 0.3 is 0 Å².